The van der Waals surface area contributed by atoms with Crippen LogP contribution in [0.4, 0.5) is 0 Å². The van der Waals surface area contributed by atoms with E-state index in [1.165, 1.54) is 0 Å². The highest BCUT2D eigenvalue weighted by Crippen LogP contribution is 2.24. The van der Waals surface area contributed by atoms with Gasteiger partial charge >= 0.3 is 0 Å². The van der Waals surface area contributed by atoms with Gasteiger partial charge in [-0.3, -0.25) is 14.8 Å². The van der Waals surface area contributed by atoms with Crippen molar-refractivity contribution in [3.8, 4) is 0 Å². The summed E-state index contributed by atoms with van der Waals surface area (Å²) in [6, 6.07) is 21.0. The predicted octanol–water partition coefficient (Wildman–Crippen LogP) is 4.27. The first-order valence-electron chi connectivity index (χ1n) is 8.96. The molecule has 1 N–H and O–H groups in total. The Morgan fingerprint density at radius 2 is 1.46 bits per heavy atom. The van der Waals surface area contributed by atoms with E-state index in [1.807, 2.05) is 66.7 Å². The first-order valence-corrected chi connectivity index (χ1v) is 8.96. The van der Waals surface area contributed by atoms with Crippen molar-refractivity contribution >= 4 is 5.91 Å². The molecule has 0 aliphatic carbocycles. The number of hydrogen-bond donors (Lipinski definition) is 1. The zero-order valence-electron chi connectivity index (χ0n) is 14.9. The third-order valence-corrected chi connectivity index (χ3v) is 4.35. The van der Waals surface area contributed by atoms with Crippen molar-refractivity contribution in [2.45, 2.75) is 31.7 Å². The summed E-state index contributed by atoms with van der Waals surface area (Å²) in [5.74, 6) is -0.185. The van der Waals surface area contributed by atoms with Crippen LogP contribution in [0, 0.1) is 0 Å². The molecule has 0 saturated carbocycles. The topological polar surface area (TPSA) is 54.9 Å². The van der Waals surface area contributed by atoms with E-state index in [4.69, 9.17) is 0 Å². The molecule has 0 radical (unpaired) electrons. The molecule has 0 saturated heterocycles. The second kappa shape index (κ2) is 8.90. The van der Waals surface area contributed by atoms with Crippen molar-refractivity contribution in [3.05, 3.63) is 96.1 Å². The first kappa shape index (κ1) is 17.8. The standard InChI is InChI=1S/C22H23N3O/c1-2-10-18(17-11-4-3-5-12-17)22(26)25-21(19-13-6-8-15-23-19)20-14-7-9-16-24-20/h3-9,11-16,18,21H,2,10H2,1H3,(H,25,26). The minimum atomic E-state index is -0.368. The van der Waals surface area contributed by atoms with Crippen molar-refractivity contribution in [3.63, 3.8) is 0 Å². The van der Waals surface area contributed by atoms with E-state index in [0.29, 0.717) is 0 Å². The van der Waals surface area contributed by atoms with Gasteiger partial charge in [0.2, 0.25) is 5.91 Å². The van der Waals surface area contributed by atoms with Gasteiger partial charge in [-0.1, -0.05) is 55.8 Å². The van der Waals surface area contributed by atoms with Crippen LogP contribution in [-0.2, 0) is 4.79 Å². The predicted molar refractivity (Wildman–Crippen MR) is 103 cm³/mol. The number of hydrogen-bond acceptors (Lipinski definition) is 3. The van der Waals surface area contributed by atoms with Crippen LogP contribution in [0.1, 0.15) is 48.7 Å². The molecule has 2 aromatic heterocycles. The van der Waals surface area contributed by atoms with E-state index in [-0.39, 0.29) is 17.9 Å². The van der Waals surface area contributed by atoms with Gasteiger partial charge in [0.15, 0.2) is 0 Å². The lowest BCUT2D eigenvalue weighted by molar-refractivity contribution is -0.123. The number of pyridine rings is 2. The van der Waals surface area contributed by atoms with Gasteiger partial charge in [-0.2, -0.15) is 0 Å². The SMILES string of the molecule is CCCC(C(=O)NC(c1ccccn1)c1ccccn1)c1ccccc1. The Morgan fingerprint density at radius 1 is 0.885 bits per heavy atom. The molecule has 1 amide bonds. The van der Waals surface area contributed by atoms with Crippen molar-refractivity contribution in [1.29, 1.82) is 0 Å². The third kappa shape index (κ3) is 4.33. The van der Waals surface area contributed by atoms with Gasteiger partial charge in [0, 0.05) is 12.4 Å². The lowest BCUT2D eigenvalue weighted by atomic mass is 9.93. The summed E-state index contributed by atoms with van der Waals surface area (Å²) < 4.78 is 0. The average Bonchev–Trinajstić information content (AvgIpc) is 2.72. The lowest BCUT2D eigenvalue weighted by Gasteiger charge is -2.22. The maximum absolute atomic E-state index is 13.1. The van der Waals surface area contributed by atoms with Crippen molar-refractivity contribution in [2.24, 2.45) is 0 Å². The van der Waals surface area contributed by atoms with Gasteiger partial charge < -0.3 is 5.32 Å². The highest BCUT2D eigenvalue weighted by atomic mass is 16.1. The van der Waals surface area contributed by atoms with Crippen LogP contribution in [0.3, 0.4) is 0 Å². The van der Waals surface area contributed by atoms with E-state index in [9.17, 15) is 4.79 Å². The second-order valence-electron chi connectivity index (χ2n) is 6.20. The number of carbonyl (C=O) groups is 1. The van der Waals surface area contributed by atoms with Crippen LogP contribution in [-0.4, -0.2) is 15.9 Å². The molecule has 2 heterocycles. The first-order chi connectivity index (χ1) is 12.8. The molecule has 4 nitrogen and oxygen atoms in total. The van der Waals surface area contributed by atoms with Gasteiger partial charge in [0.25, 0.3) is 0 Å². The number of nitrogens with zero attached hydrogens (tertiary/aromatic N) is 2. The van der Waals surface area contributed by atoms with E-state index < -0.39 is 0 Å². The average molecular weight is 345 g/mol. The molecule has 1 unspecified atom stereocenters. The van der Waals surface area contributed by atoms with Gasteiger partial charge in [0.1, 0.15) is 6.04 Å². The van der Waals surface area contributed by atoms with Gasteiger partial charge in [-0.25, -0.2) is 0 Å². The summed E-state index contributed by atoms with van der Waals surface area (Å²) in [6.45, 7) is 2.10. The molecule has 0 aliphatic heterocycles. The molecule has 3 aromatic rings. The molecular formula is C22H23N3O. The maximum atomic E-state index is 13.1. The highest BCUT2D eigenvalue weighted by molar-refractivity contribution is 5.84. The Labute approximate surface area is 154 Å². The Morgan fingerprint density at radius 3 is 1.96 bits per heavy atom. The van der Waals surface area contributed by atoms with E-state index >= 15 is 0 Å². The minimum Gasteiger partial charge on any atom is -0.342 e. The van der Waals surface area contributed by atoms with E-state index in [0.717, 1.165) is 29.8 Å². The Bertz CT molecular complexity index is 767. The number of carbonyl (C=O) groups excluding carboxylic acids is 1. The zero-order chi connectivity index (χ0) is 18.2. The zero-order valence-corrected chi connectivity index (χ0v) is 14.9. The molecule has 0 bridgehead atoms. The minimum absolute atomic E-state index is 0.000596. The summed E-state index contributed by atoms with van der Waals surface area (Å²) in [6.07, 6.45) is 5.20. The van der Waals surface area contributed by atoms with Crippen LogP contribution < -0.4 is 5.32 Å². The van der Waals surface area contributed by atoms with Crippen molar-refractivity contribution < 1.29 is 4.79 Å². The molecule has 4 heteroatoms. The summed E-state index contributed by atoms with van der Waals surface area (Å²) in [7, 11) is 0. The highest BCUT2D eigenvalue weighted by Gasteiger charge is 2.25. The molecule has 1 aromatic carbocycles. The summed E-state index contributed by atoms with van der Waals surface area (Å²) in [4.78, 5) is 22.0. The normalized spacial score (nSPS) is 11.9. The van der Waals surface area contributed by atoms with Crippen LogP contribution in [0.15, 0.2) is 79.1 Å². The van der Waals surface area contributed by atoms with Crippen molar-refractivity contribution in [2.75, 3.05) is 0 Å². The molecule has 0 fully saturated rings. The molecule has 26 heavy (non-hydrogen) atoms. The fourth-order valence-corrected chi connectivity index (χ4v) is 3.06. The van der Waals surface area contributed by atoms with E-state index in [2.05, 4.69) is 22.2 Å². The Kier molecular flexibility index (Phi) is 6.09. The lowest BCUT2D eigenvalue weighted by Crippen LogP contribution is -2.34. The fourth-order valence-electron chi connectivity index (χ4n) is 3.06. The van der Waals surface area contributed by atoms with Crippen molar-refractivity contribution in [1.82, 2.24) is 15.3 Å². The number of nitrogens with one attached hydrogen (secondary N) is 1. The molecule has 3 rings (SSSR count). The van der Waals surface area contributed by atoms with Crippen LogP contribution in [0.5, 0.6) is 0 Å². The third-order valence-electron chi connectivity index (χ3n) is 4.35. The summed E-state index contributed by atoms with van der Waals surface area (Å²) >= 11 is 0. The molecule has 132 valence electrons. The second-order valence-corrected chi connectivity index (χ2v) is 6.20. The van der Waals surface area contributed by atoms with Crippen LogP contribution >= 0.6 is 0 Å². The molecule has 0 aliphatic rings. The van der Waals surface area contributed by atoms with Gasteiger partial charge in [0.05, 0.1) is 17.3 Å². The fraction of sp³-hybridized carbons (Fsp3) is 0.227. The van der Waals surface area contributed by atoms with Crippen LogP contribution in [0.25, 0.3) is 0 Å². The van der Waals surface area contributed by atoms with Crippen LogP contribution in [0.2, 0.25) is 0 Å². The Balaban J connectivity index is 1.89. The van der Waals surface area contributed by atoms with Gasteiger partial charge in [-0.05, 0) is 36.2 Å². The number of amides is 1. The maximum Gasteiger partial charge on any atom is 0.228 e. The number of benzene rings is 1. The number of rotatable bonds is 7. The molecule has 1 atom stereocenters. The summed E-state index contributed by atoms with van der Waals surface area (Å²) in [5, 5.41) is 3.17. The monoisotopic (exact) mass is 345 g/mol. The molecule has 0 spiro atoms. The largest absolute Gasteiger partial charge is 0.342 e. The Hall–Kier alpha value is -3.01. The summed E-state index contributed by atoms with van der Waals surface area (Å²) in [5.41, 5.74) is 2.60. The quantitative estimate of drug-likeness (QED) is 0.696. The number of aromatic nitrogens is 2. The van der Waals surface area contributed by atoms with Gasteiger partial charge in [-0.15, -0.1) is 0 Å². The van der Waals surface area contributed by atoms with E-state index in [1.54, 1.807) is 12.4 Å². The molecular weight excluding hydrogens is 322 g/mol. The smallest absolute Gasteiger partial charge is 0.228 e.